The molecule has 0 aliphatic heterocycles. The lowest BCUT2D eigenvalue weighted by Gasteiger charge is -2.30. The van der Waals surface area contributed by atoms with E-state index in [4.69, 9.17) is 5.73 Å². The van der Waals surface area contributed by atoms with Gasteiger partial charge in [0.25, 0.3) is 0 Å². The summed E-state index contributed by atoms with van der Waals surface area (Å²) >= 11 is 0. The van der Waals surface area contributed by atoms with E-state index in [1.165, 1.54) is 103 Å². The largest absolute Gasteiger partial charge is 0.325 e. The average molecular weight is 382 g/mol. The van der Waals surface area contributed by atoms with Gasteiger partial charge in [-0.1, -0.05) is 125 Å². The summed E-state index contributed by atoms with van der Waals surface area (Å²) in [5, 5.41) is 0. The van der Waals surface area contributed by atoms with Crippen LogP contribution in [0.5, 0.6) is 0 Å². The van der Waals surface area contributed by atoms with Crippen molar-refractivity contribution < 1.29 is 0 Å². The van der Waals surface area contributed by atoms with E-state index in [2.05, 4.69) is 41.5 Å². The molecule has 0 rings (SSSR count). The summed E-state index contributed by atoms with van der Waals surface area (Å²) in [6, 6.07) is 0. The van der Waals surface area contributed by atoms with E-state index in [1.807, 2.05) is 0 Å². The molecule has 0 radical (unpaired) electrons. The van der Waals surface area contributed by atoms with Crippen LogP contribution in [0.25, 0.3) is 0 Å². The van der Waals surface area contributed by atoms with Gasteiger partial charge in [0.1, 0.15) is 0 Å². The molecule has 0 saturated heterocycles. The van der Waals surface area contributed by atoms with Gasteiger partial charge in [-0.2, -0.15) is 0 Å². The zero-order valence-electron chi connectivity index (χ0n) is 20.1. The third-order valence-electron chi connectivity index (χ3n) is 6.12. The molecule has 0 unspecified atom stereocenters. The van der Waals surface area contributed by atoms with Crippen molar-refractivity contribution >= 4 is 0 Å². The third kappa shape index (κ3) is 19.1. The summed E-state index contributed by atoms with van der Waals surface area (Å²) < 4.78 is 0. The van der Waals surface area contributed by atoms with Crippen LogP contribution in [0.4, 0.5) is 0 Å². The monoisotopic (exact) mass is 381 g/mol. The number of hydrogen-bond donors (Lipinski definition) is 1. The van der Waals surface area contributed by atoms with E-state index >= 15 is 0 Å². The molecule has 0 saturated carbocycles. The molecule has 0 aromatic carbocycles. The van der Waals surface area contributed by atoms with E-state index in [9.17, 15) is 0 Å². The van der Waals surface area contributed by atoms with Gasteiger partial charge in [0.2, 0.25) is 0 Å². The molecule has 0 aromatic rings. The van der Waals surface area contributed by atoms with Crippen LogP contribution >= 0.6 is 0 Å². The Bertz CT molecular complexity index is 287. The van der Waals surface area contributed by atoms with Gasteiger partial charge in [-0.3, -0.25) is 0 Å². The summed E-state index contributed by atoms with van der Waals surface area (Å²) in [5.41, 5.74) is 7.06. The Hall–Kier alpha value is -0.0400. The topological polar surface area (TPSA) is 26.0 Å². The van der Waals surface area contributed by atoms with Crippen molar-refractivity contribution in [3.8, 4) is 0 Å². The maximum Gasteiger partial charge on any atom is 0.0154 e. The van der Waals surface area contributed by atoms with Gasteiger partial charge in [-0.05, 0) is 37.0 Å². The lowest BCUT2D eigenvalue weighted by atomic mass is 9.82. The summed E-state index contributed by atoms with van der Waals surface area (Å²) in [4.78, 5) is 0. The Kier molecular flexibility index (Phi) is 16.8. The number of rotatable bonds is 19. The molecule has 0 aliphatic carbocycles. The fraction of sp³-hybridized carbons (Fsp3) is 1.00. The lowest BCUT2D eigenvalue weighted by Crippen LogP contribution is -2.39. The predicted molar refractivity (Wildman–Crippen MR) is 125 cm³/mol. The van der Waals surface area contributed by atoms with Gasteiger partial charge in [0.05, 0.1) is 0 Å². The third-order valence-corrected chi connectivity index (χ3v) is 6.12. The SMILES string of the molecule is CC(C)CCCCCCC(N)(CCCCCC(C)C)CCCCCC(C)C. The minimum atomic E-state index is 0.119. The highest BCUT2D eigenvalue weighted by Gasteiger charge is 2.23. The summed E-state index contributed by atoms with van der Waals surface area (Å²) in [5.74, 6) is 2.55. The van der Waals surface area contributed by atoms with Gasteiger partial charge >= 0.3 is 0 Å². The Morgan fingerprint density at radius 1 is 0.444 bits per heavy atom. The lowest BCUT2D eigenvalue weighted by molar-refractivity contribution is 0.300. The minimum Gasteiger partial charge on any atom is -0.325 e. The highest BCUT2D eigenvalue weighted by Crippen LogP contribution is 2.27. The molecule has 27 heavy (non-hydrogen) atoms. The molecule has 164 valence electrons. The summed E-state index contributed by atoms with van der Waals surface area (Å²) in [6.07, 6.45) is 21.6. The van der Waals surface area contributed by atoms with Crippen LogP contribution in [0.2, 0.25) is 0 Å². The van der Waals surface area contributed by atoms with E-state index in [0.29, 0.717) is 0 Å². The van der Waals surface area contributed by atoms with Crippen molar-refractivity contribution in [3.63, 3.8) is 0 Å². The first kappa shape index (κ1) is 27.0. The Morgan fingerprint density at radius 3 is 1.00 bits per heavy atom. The van der Waals surface area contributed by atoms with Crippen molar-refractivity contribution in [1.29, 1.82) is 0 Å². The van der Waals surface area contributed by atoms with Crippen LogP contribution in [0, 0.1) is 17.8 Å². The van der Waals surface area contributed by atoms with Crippen LogP contribution in [0.15, 0.2) is 0 Å². The quantitative estimate of drug-likeness (QED) is 0.222. The van der Waals surface area contributed by atoms with E-state index in [-0.39, 0.29) is 5.54 Å². The van der Waals surface area contributed by atoms with Crippen molar-refractivity contribution in [3.05, 3.63) is 0 Å². The normalized spacial score (nSPS) is 12.7. The standard InChI is InChI=1S/C26H55N/c1-23(2)17-11-7-8-14-20-26(27,21-15-9-12-18-24(3)4)22-16-10-13-19-25(5)6/h23-25H,7-22,27H2,1-6H3. The van der Waals surface area contributed by atoms with Crippen LogP contribution in [0.1, 0.15) is 144 Å². The first-order valence-electron chi connectivity index (χ1n) is 12.5. The van der Waals surface area contributed by atoms with Gasteiger partial charge in [0, 0.05) is 5.54 Å². The zero-order valence-corrected chi connectivity index (χ0v) is 20.1. The maximum absolute atomic E-state index is 6.95. The fourth-order valence-electron chi connectivity index (χ4n) is 4.17. The molecular formula is C26H55N. The first-order chi connectivity index (χ1) is 12.7. The second kappa shape index (κ2) is 16.9. The number of hydrogen-bond acceptors (Lipinski definition) is 1. The minimum absolute atomic E-state index is 0.119. The molecule has 0 bridgehead atoms. The van der Waals surface area contributed by atoms with Crippen LogP contribution in [-0.4, -0.2) is 5.54 Å². The van der Waals surface area contributed by atoms with Gasteiger partial charge in [-0.15, -0.1) is 0 Å². The molecule has 0 fully saturated rings. The first-order valence-corrected chi connectivity index (χ1v) is 12.5. The smallest absolute Gasteiger partial charge is 0.0154 e. The predicted octanol–water partition coefficient (Wildman–Crippen LogP) is 8.89. The van der Waals surface area contributed by atoms with Gasteiger partial charge in [-0.25, -0.2) is 0 Å². The Labute approximate surface area is 173 Å². The van der Waals surface area contributed by atoms with Crippen molar-refractivity contribution in [2.24, 2.45) is 23.5 Å². The molecule has 2 N–H and O–H groups in total. The van der Waals surface area contributed by atoms with Crippen LogP contribution in [0.3, 0.4) is 0 Å². The maximum atomic E-state index is 6.95. The average Bonchev–Trinajstić information content (AvgIpc) is 2.56. The Balaban J connectivity index is 4.13. The fourth-order valence-corrected chi connectivity index (χ4v) is 4.17. The summed E-state index contributed by atoms with van der Waals surface area (Å²) in [6.45, 7) is 14.0. The van der Waals surface area contributed by atoms with E-state index < -0.39 is 0 Å². The van der Waals surface area contributed by atoms with Crippen molar-refractivity contribution in [1.82, 2.24) is 0 Å². The van der Waals surface area contributed by atoms with E-state index in [0.717, 1.165) is 17.8 Å². The number of nitrogens with two attached hydrogens (primary N) is 1. The molecule has 0 aliphatic rings. The van der Waals surface area contributed by atoms with Crippen molar-refractivity contribution in [2.75, 3.05) is 0 Å². The highest BCUT2D eigenvalue weighted by atomic mass is 14.7. The molecule has 1 nitrogen and oxygen atoms in total. The molecule has 0 spiro atoms. The molecule has 0 atom stereocenters. The second-order valence-electron chi connectivity index (χ2n) is 10.7. The Morgan fingerprint density at radius 2 is 0.704 bits per heavy atom. The molecule has 0 heterocycles. The van der Waals surface area contributed by atoms with E-state index in [1.54, 1.807) is 0 Å². The molecule has 0 aromatic heterocycles. The van der Waals surface area contributed by atoms with Gasteiger partial charge < -0.3 is 5.73 Å². The van der Waals surface area contributed by atoms with Crippen molar-refractivity contribution in [2.45, 2.75) is 150 Å². The van der Waals surface area contributed by atoms with Crippen LogP contribution in [-0.2, 0) is 0 Å². The molecular weight excluding hydrogens is 326 g/mol. The highest BCUT2D eigenvalue weighted by molar-refractivity contribution is 4.84. The zero-order chi connectivity index (χ0) is 20.5. The summed E-state index contributed by atoms with van der Waals surface area (Å²) in [7, 11) is 0. The molecule has 1 heteroatoms. The number of unbranched alkanes of at least 4 members (excludes halogenated alkanes) is 7. The second-order valence-corrected chi connectivity index (χ2v) is 10.7. The molecule has 0 amide bonds. The van der Waals surface area contributed by atoms with Gasteiger partial charge in [0.15, 0.2) is 0 Å². The van der Waals surface area contributed by atoms with Crippen LogP contribution < -0.4 is 5.73 Å².